The molecule has 0 bridgehead atoms. The molecule has 1 aromatic carbocycles. The number of aryl methyl sites for hydroxylation is 1. The van der Waals surface area contributed by atoms with Crippen molar-refractivity contribution >= 4 is 32.6 Å². The van der Waals surface area contributed by atoms with Crippen molar-refractivity contribution in [2.45, 2.75) is 25.8 Å². The van der Waals surface area contributed by atoms with Gasteiger partial charge in [0.1, 0.15) is 0 Å². The number of hydrogen-bond donors (Lipinski definition) is 0. The molecule has 2 heterocycles. The minimum Gasteiger partial charge on any atom is -0.452 e. The molecule has 0 radical (unpaired) electrons. The second kappa shape index (κ2) is 7.72. The molecule has 1 aromatic heterocycles. The first-order chi connectivity index (χ1) is 12.8. The minimum absolute atomic E-state index is 0.0178. The van der Waals surface area contributed by atoms with E-state index in [0.717, 1.165) is 10.9 Å². The van der Waals surface area contributed by atoms with E-state index in [9.17, 15) is 18.0 Å². The number of amides is 1. The standard InChI is InChI=1S/C19H24N2O5S/c1-3-9-21(14-8-10-27(24,25)13-14)18(22)12-26-19(23)16-11-20(2)17-7-5-4-6-15(16)17/h4-7,11,14H,3,8-10,12-13H2,1-2H3/t14-/m0/s1. The number of benzene rings is 1. The number of fused-ring (bicyclic) bond motifs is 1. The number of sulfone groups is 1. The van der Waals surface area contributed by atoms with Gasteiger partial charge < -0.3 is 14.2 Å². The quantitative estimate of drug-likeness (QED) is 0.700. The van der Waals surface area contributed by atoms with Crippen LogP contribution in [0.5, 0.6) is 0 Å². The molecule has 1 fully saturated rings. The topological polar surface area (TPSA) is 85.7 Å². The lowest BCUT2D eigenvalue weighted by molar-refractivity contribution is -0.136. The molecule has 1 aliphatic rings. The van der Waals surface area contributed by atoms with Crippen LogP contribution in [-0.4, -0.2) is 60.5 Å². The molecule has 0 spiro atoms. The highest BCUT2D eigenvalue weighted by molar-refractivity contribution is 7.91. The minimum atomic E-state index is -3.09. The highest BCUT2D eigenvalue weighted by Gasteiger charge is 2.34. The van der Waals surface area contributed by atoms with Gasteiger partial charge in [0, 0.05) is 36.7 Å². The molecule has 27 heavy (non-hydrogen) atoms. The summed E-state index contributed by atoms with van der Waals surface area (Å²) < 4.78 is 30.5. The molecule has 0 N–H and O–H groups in total. The molecule has 1 aliphatic heterocycles. The van der Waals surface area contributed by atoms with Gasteiger partial charge in [-0.15, -0.1) is 0 Å². The Balaban J connectivity index is 1.68. The lowest BCUT2D eigenvalue weighted by Gasteiger charge is -2.27. The molecular formula is C19H24N2O5S. The zero-order valence-electron chi connectivity index (χ0n) is 15.6. The average Bonchev–Trinajstić information content (AvgIpc) is 3.17. The average molecular weight is 392 g/mol. The van der Waals surface area contributed by atoms with E-state index < -0.39 is 22.4 Å². The molecule has 3 rings (SSSR count). The summed E-state index contributed by atoms with van der Waals surface area (Å²) in [5.74, 6) is -0.833. The fourth-order valence-corrected chi connectivity index (χ4v) is 5.30. The molecule has 146 valence electrons. The molecule has 0 aliphatic carbocycles. The van der Waals surface area contributed by atoms with Crippen LogP contribution in [0.15, 0.2) is 30.5 Å². The highest BCUT2D eigenvalue weighted by Crippen LogP contribution is 2.22. The lowest BCUT2D eigenvalue weighted by Crippen LogP contribution is -2.43. The molecule has 2 aromatic rings. The van der Waals surface area contributed by atoms with E-state index >= 15 is 0 Å². The van der Waals surface area contributed by atoms with Gasteiger partial charge in [-0.1, -0.05) is 25.1 Å². The maximum absolute atomic E-state index is 12.6. The first kappa shape index (κ1) is 19.4. The molecule has 1 amide bonds. The number of esters is 1. The molecule has 1 saturated heterocycles. The van der Waals surface area contributed by atoms with E-state index in [2.05, 4.69) is 0 Å². The van der Waals surface area contributed by atoms with Crippen LogP contribution >= 0.6 is 0 Å². The van der Waals surface area contributed by atoms with Gasteiger partial charge in [-0.25, -0.2) is 13.2 Å². The smallest absolute Gasteiger partial charge is 0.340 e. The van der Waals surface area contributed by atoms with E-state index in [1.54, 1.807) is 11.1 Å². The summed E-state index contributed by atoms with van der Waals surface area (Å²) >= 11 is 0. The van der Waals surface area contributed by atoms with Gasteiger partial charge in [-0.05, 0) is 18.9 Å². The van der Waals surface area contributed by atoms with Crippen LogP contribution in [0.2, 0.25) is 0 Å². The summed E-state index contributed by atoms with van der Waals surface area (Å²) in [6.45, 7) is 1.98. The number of carbonyl (C=O) groups excluding carboxylic acids is 2. The first-order valence-corrected chi connectivity index (χ1v) is 10.9. The number of carbonyl (C=O) groups is 2. The lowest BCUT2D eigenvalue weighted by atomic mass is 10.2. The summed E-state index contributed by atoms with van der Waals surface area (Å²) in [5, 5.41) is 0.768. The Labute approximate surface area is 158 Å². The predicted molar refractivity (Wildman–Crippen MR) is 102 cm³/mol. The zero-order chi connectivity index (χ0) is 19.6. The van der Waals surface area contributed by atoms with E-state index in [1.165, 1.54) is 0 Å². The number of aromatic nitrogens is 1. The summed E-state index contributed by atoms with van der Waals surface area (Å²) in [6.07, 6.45) is 2.83. The van der Waals surface area contributed by atoms with Crippen LogP contribution in [0.25, 0.3) is 10.9 Å². The summed E-state index contributed by atoms with van der Waals surface area (Å²) in [6, 6.07) is 7.13. The number of ether oxygens (including phenoxy) is 1. The third-order valence-corrected chi connectivity index (χ3v) is 6.63. The number of nitrogens with zero attached hydrogens (tertiary/aromatic N) is 2. The summed E-state index contributed by atoms with van der Waals surface area (Å²) in [4.78, 5) is 26.6. The van der Waals surface area contributed by atoms with Crippen molar-refractivity contribution in [2.75, 3.05) is 24.7 Å². The van der Waals surface area contributed by atoms with Crippen LogP contribution in [0, 0.1) is 0 Å². The van der Waals surface area contributed by atoms with Crippen molar-refractivity contribution in [3.05, 3.63) is 36.0 Å². The molecule has 8 heteroatoms. The molecule has 1 atom stereocenters. The summed E-state index contributed by atoms with van der Waals surface area (Å²) in [5.41, 5.74) is 1.31. The van der Waals surface area contributed by atoms with E-state index in [0.29, 0.717) is 24.9 Å². The van der Waals surface area contributed by atoms with Gasteiger partial charge in [-0.2, -0.15) is 0 Å². The van der Waals surface area contributed by atoms with Gasteiger partial charge in [0.15, 0.2) is 16.4 Å². The SMILES string of the molecule is CCCN(C(=O)COC(=O)c1cn(C)c2ccccc12)[C@H]1CCS(=O)(=O)C1. The zero-order valence-corrected chi connectivity index (χ0v) is 16.4. The summed E-state index contributed by atoms with van der Waals surface area (Å²) in [7, 11) is -1.25. The number of para-hydroxylation sites is 1. The second-order valence-electron chi connectivity index (χ2n) is 6.89. The highest BCUT2D eigenvalue weighted by atomic mass is 32.2. The van der Waals surface area contributed by atoms with Gasteiger partial charge in [0.2, 0.25) is 0 Å². The molecule has 0 unspecified atom stereocenters. The van der Waals surface area contributed by atoms with Crippen LogP contribution in [0.3, 0.4) is 0 Å². The molecule has 0 saturated carbocycles. The van der Waals surface area contributed by atoms with Crippen LogP contribution in [0.1, 0.15) is 30.1 Å². The van der Waals surface area contributed by atoms with Gasteiger partial charge in [0.05, 0.1) is 17.1 Å². The van der Waals surface area contributed by atoms with Crippen molar-refractivity contribution in [2.24, 2.45) is 7.05 Å². The van der Waals surface area contributed by atoms with Crippen LogP contribution in [-0.2, 0) is 26.4 Å². The van der Waals surface area contributed by atoms with Crippen molar-refractivity contribution in [1.29, 1.82) is 0 Å². The van der Waals surface area contributed by atoms with Crippen LogP contribution < -0.4 is 0 Å². The van der Waals surface area contributed by atoms with Crippen LogP contribution in [0.4, 0.5) is 0 Å². The monoisotopic (exact) mass is 392 g/mol. The Hall–Kier alpha value is -2.35. The first-order valence-electron chi connectivity index (χ1n) is 9.03. The largest absolute Gasteiger partial charge is 0.452 e. The van der Waals surface area contributed by atoms with Gasteiger partial charge >= 0.3 is 5.97 Å². The maximum Gasteiger partial charge on any atom is 0.340 e. The fourth-order valence-electron chi connectivity index (χ4n) is 3.57. The van der Waals surface area contributed by atoms with E-state index in [4.69, 9.17) is 4.74 Å². The van der Waals surface area contributed by atoms with Gasteiger partial charge in [0.25, 0.3) is 5.91 Å². The third kappa shape index (κ3) is 4.16. The van der Waals surface area contributed by atoms with Crippen molar-refractivity contribution in [1.82, 2.24) is 9.47 Å². The Morgan fingerprint density at radius 1 is 1.30 bits per heavy atom. The van der Waals surface area contributed by atoms with Crippen molar-refractivity contribution < 1.29 is 22.7 Å². The molecule has 7 nitrogen and oxygen atoms in total. The third-order valence-electron chi connectivity index (χ3n) is 4.88. The Bertz CT molecular complexity index is 964. The van der Waals surface area contributed by atoms with E-state index in [1.807, 2.05) is 42.8 Å². The normalized spacial score (nSPS) is 18.5. The van der Waals surface area contributed by atoms with Crippen molar-refractivity contribution in [3.8, 4) is 0 Å². The second-order valence-corrected chi connectivity index (χ2v) is 9.12. The van der Waals surface area contributed by atoms with Crippen molar-refractivity contribution in [3.63, 3.8) is 0 Å². The Morgan fingerprint density at radius 2 is 2.04 bits per heavy atom. The predicted octanol–water partition coefficient (Wildman–Crippen LogP) is 1.76. The molecular weight excluding hydrogens is 368 g/mol. The Kier molecular flexibility index (Phi) is 5.55. The van der Waals surface area contributed by atoms with Gasteiger partial charge in [-0.3, -0.25) is 4.79 Å². The number of rotatable bonds is 6. The van der Waals surface area contributed by atoms with E-state index in [-0.39, 0.29) is 23.5 Å². The Morgan fingerprint density at radius 3 is 2.70 bits per heavy atom. The maximum atomic E-state index is 12.6. The fraction of sp³-hybridized carbons (Fsp3) is 0.474. The number of hydrogen-bond acceptors (Lipinski definition) is 5.